The summed E-state index contributed by atoms with van der Waals surface area (Å²) in [7, 11) is 1.58. The first-order valence-corrected chi connectivity index (χ1v) is 6.70. The Labute approximate surface area is 114 Å². The fourth-order valence-corrected chi connectivity index (χ4v) is 2.34. The predicted molar refractivity (Wildman–Crippen MR) is 73.0 cm³/mol. The van der Waals surface area contributed by atoms with Gasteiger partial charge in [0.15, 0.2) is 0 Å². The van der Waals surface area contributed by atoms with E-state index in [9.17, 15) is 4.79 Å². The predicted octanol–water partition coefficient (Wildman–Crippen LogP) is 2.03. The number of ether oxygens (including phenoxy) is 1. The van der Waals surface area contributed by atoms with Crippen molar-refractivity contribution in [3.8, 4) is 5.88 Å². The van der Waals surface area contributed by atoms with Gasteiger partial charge < -0.3 is 15.0 Å². The minimum atomic E-state index is 0.0160. The van der Waals surface area contributed by atoms with Crippen LogP contribution < -0.4 is 10.1 Å². The number of methoxy groups -OCH3 is 1. The highest BCUT2D eigenvalue weighted by Crippen LogP contribution is 2.15. The van der Waals surface area contributed by atoms with Crippen LogP contribution in [0.2, 0.25) is 0 Å². The van der Waals surface area contributed by atoms with Crippen molar-refractivity contribution >= 4 is 6.03 Å². The molecule has 5 nitrogen and oxygen atoms in total. The molecule has 1 aliphatic rings. The molecular formula is C14H21N3O2. The summed E-state index contributed by atoms with van der Waals surface area (Å²) >= 11 is 0. The average Bonchev–Trinajstić information content (AvgIpc) is 2.45. The largest absolute Gasteiger partial charge is 0.481 e. The second-order valence-electron chi connectivity index (χ2n) is 5.06. The molecule has 0 radical (unpaired) electrons. The van der Waals surface area contributed by atoms with Gasteiger partial charge in [0.05, 0.1) is 7.11 Å². The van der Waals surface area contributed by atoms with Crippen LogP contribution in [0.25, 0.3) is 0 Å². The highest BCUT2D eigenvalue weighted by atomic mass is 16.5. The number of carbonyl (C=O) groups excluding carboxylic acids is 1. The second kappa shape index (κ2) is 6.41. The minimum absolute atomic E-state index is 0.0160. The van der Waals surface area contributed by atoms with Gasteiger partial charge in [0, 0.05) is 31.9 Å². The van der Waals surface area contributed by atoms with Crippen molar-refractivity contribution in [2.75, 3.05) is 20.2 Å². The Hall–Kier alpha value is -1.78. The molecule has 19 heavy (non-hydrogen) atoms. The van der Waals surface area contributed by atoms with Crippen LogP contribution in [0, 0.1) is 5.92 Å². The third-order valence-corrected chi connectivity index (χ3v) is 3.40. The molecule has 2 amide bonds. The summed E-state index contributed by atoms with van der Waals surface area (Å²) in [5, 5.41) is 2.94. The first-order chi connectivity index (χ1) is 9.19. The lowest BCUT2D eigenvalue weighted by Crippen LogP contribution is -2.44. The van der Waals surface area contributed by atoms with Crippen LogP contribution in [0.15, 0.2) is 18.3 Å². The molecule has 0 saturated carbocycles. The Bertz CT molecular complexity index is 436. The molecule has 0 spiro atoms. The molecule has 1 aliphatic heterocycles. The summed E-state index contributed by atoms with van der Waals surface area (Å²) in [4.78, 5) is 18.0. The zero-order valence-corrected chi connectivity index (χ0v) is 11.6. The van der Waals surface area contributed by atoms with Gasteiger partial charge in [-0.25, -0.2) is 9.78 Å². The molecule has 1 fully saturated rings. The Balaban J connectivity index is 1.85. The smallest absolute Gasteiger partial charge is 0.317 e. The molecule has 2 rings (SSSR count). The number of rotatable bonds is 3. The van der Waals surface area contributed by atoms with Crippen LogP contribution in [0.1, 0.15) is 25.3 Å². The molecule has 2 heterocycles. The van der Waals surface area contributed by atoms with E-state index < -0.39 is 0 Å². The zero-order valence-electron chi connectivity index (χ0n) is 11.6. The van der Waals surface area contributed by atoms with Gasteiger partial charge in [0.1, 0.15) is 0 Å². The van der Waals surface area contributed by atoms with Crippen molar-refractivity contribution < 1.29 is 9.53 Å². The summed E-state index contributed by atoms with van der Waals surface area (Å²) in [5.74, 6) is 1.17. The lowest BCUT2D eigenvalue weighted by Gasteiger charge is -2.30. The second-order valence-corrected chi connectivity index (χ2v) is 5.06. The van der Waals surface area contributed by atoms with Crippen LogP contribution in [0.5, 0.6) is 5.88 Å². The number of nitrogens with zero attached hydrogens (tertiary/aromatic N) is 2. The van der Waals surface area contributed by atoms with Gasteiger partial charge in [-0.1, -0.05) is 6.92 Å². The molecule has 1 aromatic rings. The lowest BCUT2D eigenvalue weighted by molar-refractivity contribution is 0.169. The van der Waals surface area contributed by atoms with Gasteiger partial charge in [0.2, 0.25) is 5.88 Å². The monoisotopic (exact) mass is 263 g/mol. The van der Waals surface area contributed by atoms with Gasteiger partial charge in [-0.2, -0.15) is 0 Å². The van der Waals surface area contributed by atoms with Crippen molar-refractivity contribution in [3.05, 3.63) is 23.9 Å². The number of amides is 2. The highest BCUT2D eigenvalue weighted by Gasteiger charge is 2.20. The van der Waals surface area contributed by atoms with E-state index in [1.165, 1.54) is 6.42 Å². The first kappa shape index (κ1) is 13.6. The SMILES string of the molecule is COc1cc(CNC(=O)N2CCCC(C)C2)ccn1. The van der Waals surface area contributed by atoms with Gasteiger partial charge in [-0.3, -0.25) is 0 Å². The Morgan fingerprint density at radius 2 is 2.47 bits per heavy atom. The van der Waals surface area contributed by atoms with E-state index in [1.807, 2.05) is 17.0 Å². The van der Waals surface area contributed by atoms with Crippen molar-refractivity contribution in [3.63, 3.8) is 0 Å². The van der Waals surface area contributed by atoms with Gasteiger partial charge in [-0.15, -0.1) is 0 Å². The van der Waals surface area contributed by atoms with Gasteiger partial charge in [0.25, 0.3) is 0 Å². The Morgan fingerprint density at radius 1 is 1.63 bits per heavy atom. The van der Waals surface area contributed by atoms with Crippen LogP contribution >= 0.6 is 0 Å². The topological polar surface area (TPSA) is 54.5 Å². The number of aromatic nitrogens is 1. The number of likely N-dealkylation sites (tertiary alicyclic amines) is 1. The van der Waals surface area contributed by atoms with Crippen molar-refractivity contribution in [1.82, 2.24) is 15.2 Å². The third-order valence-electron chi connectivity index (χ3n) is 3.40. The van der Waals surface area contributed by atoms with Crippen LogP contribution in [-0.4, -0.2) is 36.1 Å². The summed E-state index contributed by atoms with van der Waals surface area (Å²) in [6, 6.07) is 3.73. The maximum Gasteiger partial charge on any atom is 0.317 e. The van der Waals surface area contributed by atoms with E-state index in [4.69, 9.17) is 4.74 Å². The number of carbonyl (C=O) groups is 1. The summed E-state index contributed by atoms with van der Waals surface area (Å²) in [5.41, 5.74) is 0.991. The van der Waals surface area contributed by atoms with E-state index in [0.717, 1.165) is 25.1 Å². The molecule has 1 N–H and O–H groups in total. The molecule has 0 aliphatic carbocycles. The molecule has 1 aromatic heterocycles. The summed E-state index contributed by atoms with van der Waals surface area (Å²) in [6.07, 6.45) is 3.99. The van der Waals surface area contributed by atoms with E-state index in [1.54, 1.807) is 13.3 Å². The van der Waals surface area contributed by atoms with Crippen molar-refractivity contribution in [1.29, 1.82) is 0 Å². The van der Waals surface area contributed by atoms with Crippen molar-refractivity contribution in [2.24, 2.45) is 5.92 Å². The van der Waals surface area contributed by atoms with Crippen LogP contribution in [0.3, 0.4) is 0 Å². The molecule has 1 saturated heterocycles. The summed E-state index contributed by atoms with van der Waals surface area (Å²) in [6.45, 7) is 4.40. The Morgan fingerprint density at radius 3 is 3.21 bits per heavy atom. The molecule has 5 heteroatoms. The average molecular weight is 263 g/mol. The maximum atomic E-state index is 12.0. The van der Waals surface area contributed by atoms with E-state index in [2.05, 4.69) is 17.2 Å². The number of piperidine rings is 1. The standard InChI is InChI=1S/C14H21N3O2/c1-11-4-3-7-17(10-11)14(18)16-9-12-5-6-15-13(8-12)19-2/h5-6,8,11H,3-4,7,9-10H2,1-2H3,(H,16,18). The molecule has 0 aromatic carbocycles. The summed E-state index contributed by atoms with van der Waals surface area (Å²) < 4.78 is 5.06. The van der Waals surface area contributed by atoms with E-state index >= 15 is 0 Å². The van der Waals surface area contributed by atoms with E-state index in [0.29, 0.717) is 18.3 Å². The quantitative estimate of drug-likeness (QED) is 0.908. The van der Waals surface area contributed by atoms with Gasteiger partial charge >= 0.3 is 6.03 Å². The minimum Gasteiger partial charge on any atom is -0.481 e. The van der Waals surface area contributed by atoms with Gasteiger partial charge in [-0.05, 0) is 30.4 Å². The number of hydrogen-bond acceptors (Lipinski definition) is 3. The number of nitrogens with one attached hydrogen (secondary N) is 1. The van der Waals surface area contributed by atoms with Crippen LogP contribution in [-0.2, 0) is 6.54 Å². The fourth-order valence-electron chi connectivity index (χ4n) is 2.34. The normalized spacial score (nSPS) is 19.1. The molecular weight excluding hydrogens is 242 g/mol. The zero-order chi connectivity index (χ0) is 13.7. The fraction of sp³-hybridized carbons (Fsp3) is 0.571. The van der Waals surface area contributed by atoms with Crippen molar-refractivity contribution in [2.45, 2.75) is 26.3 Å². The van der Waals surface area contributed by atoms with Crippen LogP contribution in [0.4, 0.5) is 4.79 Å². The number of hydrogen-bond donors (Lipinski definition) is 1. The highest BCUT2D eigenvalue weighted by molar-refractivity contribution is 5.74. The maximum absolute atomic E-state index is 12.0. The molecule has 0 bridgehead atoms. The third kappa shape index (κ3) is 3.84. The molecule has 1 atom stereocenters. The first-order valence-electron chi connectivity index (χ1n) is 6.70. The molecule has 1 unspecified atom stereocenters. The number of urea groups is 1. The number of pyridine rings is 1. The Kier molecular flexibility index (Phi) is 4.60. The molecule has 104 valence electrons. The lowest BCUT2D eigenvalue weighted by atomic mass is 10.0. The van der Waals surface area contributed by atoms with E-state index in [-0.39, 0.29) is 6.03 Å².